The first-order valence-electron chi connectivity index (χ1n) is 7.45. The molecule has 1 unspecified atom stereocenters. The molecule has 2 aliphatic heterocycles. The van der Waals surface area contributed by atoms with Gasteiger partial charge < -0.3 is 10.2 Å². The molecule has 2 saturated heterocycles. The van der Waals surface area contributed by atoms with Crippen molar-refractivity contribution in [2.75, 3.05) is 39.3 Å². The Morgan fingerprint density at radius 2 is 1.73 bits per heavy atom. The molecule has 0 radical (unpaired) electrons. The zero-order valence-electron chi connectivity index (χ0n) is 12.1. The summed E-state index contributed by atoms with van der Waals surface area (Å²) >= 11 is 0. The van der Waals surface area contributed by atoms with Crippen LogP contribution in [0.25, 0.3) is 0 Å². The van der Waals surface area contributed by atoms with Gasteiger partial charge in [0.05, 0.1) is 0 Å². The number of benzene rings is 1. The molecule has 1 atom stereocenters. The normalized spacial score (nSPS) is 23.0. The van der Waals surface area contributed by atoms with E-state index in [9.17, 15) is 18.0 Å². The first-order chi connectivity index (χ1) is 10.6. The average molecular weight is 313 g/mol. The second kappa shape index (κ2) is 6.26. The maximum atomic E-state index is 13.3. The molecule has 7 heteroatoms. The standard InChI is InChI=1S/C15H18F3N3O/c16-12-7-10(8-13(17)14(12)18)15(22)21-4-1-11(9-21)20-5-2-19-3-6-20/h7-8,11,19H,1-6,9H2. The third-order valence-corrected chi connectivity index (χ3v) is 4.35. The van der Waals surface area contributed by atoms with Gasteiger partial charge in [-0.1, -0.05) is 0 Å². The Labute approximate surface area is 126 Å². The zero-order valence-corrected chi connectivity index (χ0v) is 12.1. The fourth-order valence-electron chi connectivity index (χ4n) is 3.13. The highest BCUT2D eigenvalue weighted by atomic mass is 19.2. The van der Waals surface area contributed by atoms with Gasteiger partial charge in [0, 0.05) is 50.9 Å². The van der Waals surface area contributed by atoms with E-state index in [2.05, 4.69) is 10.2 Å². The van der Waals surface area contributed by atoms with Crippen molar-refractivity contribution in [3.05, 3.63) is 35.1 Å². The van der Waals surface area contributed by atoms with Crippen molar-refractivity contribution in [2.45, 2.75) is 12.5 Å². The maximum absolute atomic E-state index is 13.3. The quantitative estimate of drug-likeness (QED) is 0.834. The van der Waals surface area contributed by atoms with Crippen LogP contribution in [0.2, 0.25) is 0 Å². The van der Waals surface area contributed by atoms with E-state index in [1.807, 2.05) is 0 Å². The largest absolute Gasteiger partial charge is 0.337 e. The summed E-state index contributed by atoms with van der Waals surface area (Å²) in [7, 11) is 0. The van der Waals surface area contributed by atoms with E-state index in [1.54, 1.807) is 4.90 Å². The van der Waals surface area contributed by atoms with Gasteiger partial charge in [-0.05, 0) is 18.6 Å². The molecule has 0 spiro atoms. The Bertz CT molecular complexity index is 552. The smallest absolute Gasteiger partial charge is 0.254 e. The first kappa shape index (κ1) is 15.3. The van der Waals surface area contributed by atoms with Crippen LogP contribution in [-0.4, -0.2) is 61.0 Å². The van der Waals surface area contributed by atoms with Gasteiger partial charge in [-0.15, -0.1) is 0 Å². The molecule has 22 heavy (non-hydrogen) atoms. The van der Waals surface area contributed by atoms with Crippen LogP contribution in [0.4, 0.5) is 13.2 Å². The highest BCUT2D eigenvalue weighted by Crippen LogP contribution is 2.20. The number of amides is 1. The summed E-state index contributed by atoms with van der Waals surface area (Å²) in [5.41, 5.74) is -0.141. The minimum absolute atomic E-state index is 0.141. The molecule has 1 N–H and O–H groups in total. The Kier molecular flexibility index (Phi) is 4.35. The van der Waals surface area contributed by atoms with Gasteiger partial charge in [-0.3, -0.25) is 9.69 Å². The number of hydrogen-bond acceptors (Lipinski definition) is 3. The third-order valence-electron chi connectivity index (χ3n) is 4.35. The van der Waals surface area contributed by atoms with E-state index in [4.69, 9.17) is 0 Å². The van der Waals surface area contributed by atoms with Crippen molar-refractivity contribution in [1.29, 1.82) is 0 Å². The average Bonchev–Trinajstić information content (AvgIpc) is 3.02. The maximum Gasteiger partial charge on any atom is 0.254 e. The van der Waals surface area contributed by atoms with Crippen molar-refractivity contribution < 1.29 is 18.0 Å². The van der Waals surface area contributed by atoms with E-state index in [1.165, 1.54) is 0 Å². The minimum Gasteiger partial charge on any atom is -0.337 e. The SMILES string of the molecule is O=C(c1cc(F)c(F)c(F)c1)N1CCC(N2CCNCC2)C1. The Balaban J connectivity index is 1.68. The van der Waals surface area contributed by atoms with Crippen LogP contribution in [-0.2, 0) is 0 Å². The summed E-state index contributed by atoms with van der Waals surface area (Å²) in [5, 5.41) is 3.27. The van der Waals surface area contributed by atoms with Crippen LogP contribution < -0.4 is 5.32 Å². The molecule has 2 fully saturated rings. The summed E-state index contributed by atoms with van der Waals surface area (Å²) < 4.78 is 39.5. The van der Waals surface area contributed by atoms with Gasteiger partial charge >= 0.3 is 0 Å². The Hall–Kier alpha value is -1.60. The molecule has 120 valence electrons. The predicted molar refractivity (Wildman–Crippen MR) is 75.1 cm³/mol. The van der Waals surface area contributed by atoms with E-state index in [0.717, 1.165) is 44.7 Å². The molecule has 0 saturated carbocycles. The number of carbonyl (C=O) groups excluding carboxylic acids is 1. The van der Waals surface area contributed by atoms with Crippen LogP contribution >= 0.6 is 0 Å². The topological polar surface area (TPSA) is 35.6 Å². The van der Waals surface area contributed by atoms with Gasteiger partial charge in [-0.2, -0.15) is 0 Å². The van der Waals surface area contributed by atoms with Gasteiger partial charge in [0.1, 0.15) is 0 Å². The summed E-state index contributed by atoms with van der Waals surface area (Å²) in [6, 6.07) is 1.80. The van der Waals surface area contributed by atoms with Crippen LogP contribution in [0.5, 0.6) is 0 Å². The second-order valence-electron chi connectivity index (χ2n) is 5.73. The number of rotatable bonds is 2. The second-order valence-corrected chi connectivity index (χ2v) is 5.73. The molecule has 0 bridgehead atoms. The van der Waals surface area contributed by atoms with Crippen molar-refractivity contribution in [3.63, 3.8) is 0 Å². The Morgan fingerprint density at radius 1 is 1.09 bits per heavy atom. The summed E-state index contributed by atoms with van der Waals surface area (Å²) in [5.74, 6) is -4.66. The monoisotopic (exact) mass is 313 g/mol. The fourth-order valence-corrected chi connectivity index (χ4v) is 3.13. The molecule has 0 aromatic heterocycles. The van der Waals surface area contributed by atoms with Crippen molar-refractivity contribution in [2.24, 2.45) is 0 Å². The highest BCUT2D eigenvalue weighted by Gasteiger charge is 2.31. The first-order valence-corrected chi connectivity index (χ1v) is 7.45. The number of nitrogens with one attached hydrogen (secondary N) is 1. The van der Waals surface area contributed by atoms with Gasteiger partial charge in [0.15, 0.2) is 17.5 Å². The summed E-state index contributed by atoms with van der Waals surface area (Å²) in [6.07, 6.45) is 0.845. The van der Waals surface area contributed by atoms with Gasteiger partial charge in [-0.25, -0.2) is 13.2 Å². The molecule has 1 amide bonds. The minimum atomic E-state index is -1.54. The molecule has 0 aliphatic carbocycles. The molecule has 2 aliphatic rings. The number of hydrogen-bond donors (Lipinski definition) is 1. The van der Waals surface area contributed by atoms with Crippen LogP contribution in [0.15, 0.2) is 12.1 Å². The van der Waals surface area contributed by atoms with Crippen molar-refractivity contribution in [3.8, 4) is 0 Å². The summed E-state index contributed by atoms with van der Waals surface area (Å²) in [6.45, 7) is 4.82. The van der Waals surface area contributed by atoms with Crippen molar-refractivity contribution >= 4 is 5.91 Å². The van der Waals surface area contributed by atoms with E-state index >= 15 is 0 Å². The molecule has 1 aromatic carbocycles. The molecule has 2 heterocycles. The number of likely N-dealkylation sites (tertiary alicyclic amines) is 1. The van der Waals surface area contributed by atoms with Crippen LogP contribution in [0.1, 0.15) is 16.8 Å². The Morgan fingerprint density at radius 3 is 2.36 bits per heavy atom. The fraction of sp³-hybridized carbons (Fsp3) is 0.533. The van der Waals surface area contributed by atoms with Gasteiger partial charge in [0.2, 0.25) is 0 Å². The van der Waals surface area contributed by atoms with E-state index in [0.29, 0.717) is 13.1 Å². The molecule has 1 aromatic rings. The lowest BCUT2D eigenvalue weighted by molar-refractivity contribution is 0.0772. The lowest BCUT2D eigenvalue weighted by Gasteiger charge is -2.32. The van der Waals surface area contributed by atoms with E-state index < -0.39 is 23.4 Å². The molecular formula is C15H18F3N3O. The number of nitrogens with zero attached hydrogens (tertiary/aromatic N) is 2. The molecule has 4 nitrogen and oxygen atoms in total. The van der Waals surface area contributed by atoms with Gasteiger partial charge in [0.25, 0.3) is 5.91 Å². The molecular weight excluding hydrogens is 295 g/mol. The highest BCUT2D eigenvalue weighted by molar-refractivity contribution is 5.94. The van der Waals surface area contributed by atoms with Crippen molar-refractivity contribution in [1.82, 2.24) is 15.1 Å². The predicted octanol–water partition coefficient (Wildman–Crippen LogP) is 1.22. The zero-order chi connectivity index (χ0) is 15.7. The number of halogens is 3. The van der Waals surface area contributed by atoms with Crippen LogP contribution in [0.3, 0.4) is 0 Å². The molecule has 3 rings (SSSR count). The number of carbonyl (C=O) groups is 1. The third kappa shape index (κ3) is 2.96. The number of piperazine rings is 1. The summed E-state index contributed by atoms with van der Waals surface area (Å²) in [4.78, 5) is 16.2. The van der Waals surface area contributed by atoms with Crippen LogP contribution in [0, 0.1) is 17.5 Å². The van der Waals surface area contributed by atoms with E-state index in [-0.39, 0.29) is 11.6 Å². The lowest BCUT2D eigenvalue weighted by atomic mass is 10.2. The lowest BCUT2D eigenvalue weighted by Crippen LogP contribution is -2.49.